The molecule has 1 amide bonds. The Morgan fingerprint density at radius 1 is 1.75 bits per heavy atom. The summed E-state index contributed by atoms with van der Waals surface area (Å²) < 4.78 is 4.83. The van der Waals surface area contributed by atoms with E-state index in [-0.39, 0.29) is 29.6 Å². The summed E-state index contributed by atoms with van der Waals surface area (Å²) in [5, 5.41) is 2.70. The van der Waals surface area contributed by atoms with Gasteiger partial charge in [0.05, 0.1) is 18.4 Å². The van der Waals surface area contributed by atoms with Crippen molar-refractivity contribution in [2.24, 2.45) is 17.8 Å². The maximum atomic E-state index is 11.2. The van der Waals surface area contributed by atoms with Crippen molar-refractivity contribution in [3.63, 3.8) is 0 Å². The van der Waals surface area contributed by atoms with Crippen LogP contribution in [0.2, 0.25) is 0 Å². The van der Waals surface area contributed by atoms with E-state index in [0.717, 1.165) is 0 Å². The first-order valence-electron chi connectivity index (χ1n) is 4.20. The van der Waals surface area contributed by atoms with E-state index >= 15 is 0 Å². The molecule has 0 bridgehead atoms. The highest BCUT2D eigenvalue weighted by Crippen LogP contribution is 2.49. The van der Waals surface area contributed by atoms with Crippen molar-refractivity contribution in [3.8, 4) is 0 Å². The lowest BCUT2D eigenvalue weighted by molar-refractivity contribution is -0.146. The first-order valence-corrected chi connectivity index (χ1v) is 4.20. The molecule has 1 saturated heterocycles. The van der Waals surface area contributed by atoms with Crippen molar-refractivity contribution in [1.82, 2.24) is 5.32 Å². The van der Waals surface area contributed by atoms with E-state index in [4.69, 9.17) is 4.74 Å². The van der Waals surface area contributed by atoms with Gasteiger partial charge >= 0.3 is 5.97 Å². The van der Waals surface area contributed by atoms with Gasteiger partial charge in [0, 0.05) is 12.5 Å². The number of hydrogen-bond donors (Lipinski definition) is 1. The van der Waals surface area contributed by atoms with E-state index < -0.39 is 0 Å². The third-order valence-corrected chi connectivity index (χ3v) is 2.54. The number of ether oxygens (including phenoxy) is 1. The molecule has 0 aromatic carbocycles. The standard InChI is InChI=1S/C8H11NO3/c1-2-12-8(11)6-4-3-9-7(10)5(4)6/h4-6H,2-3H2,1H3,(H,9,10)/t4-,5+,6-/m1/s1. The molecule has 4 nitrogen and oxygen atoms in total. The summed E-state index contributed by atoms with van der Waals surface area (Å²) in [4.78, 5) is 22.2. The molecule has 2 aliphatic rings. The van der Waals surface area contributed by atoms with Gasteiger partial charge in [0.1, 0.15) is 0 Å². The largest absolute Gasteiger partial charge is 0.466 e. The number of carbonyl (C=O) groups excluding carboxylic acids is 2. The lowest BCUT2D eigenvalue weighted by Gasteiger charge is -2.03. The molecule has 3 atom stereocenters. The van der Waals surface area contributed by atoms with Crippen molar-refractivity contribution in [2.45, 2.75) is 6.92 Å². The summed E-state index contributed by atoms with van der Waals surface area (Å²) >= 11 is 0. The van der Waals surface area contributed by atoms with Gasteiger partial charge in [0.15, 0.2) is 0 Å². The Morgan fingerprint density at radius 3 is 3.00 bits per heavy atom. The third-order valence-electron chi connectivity index (χ3n) is 2.54. The Morgan fingerprint density at radius 2 is 2.50 bits per heavy atom. The highest BCUT2D eigenvalue weighted by atomic mass is 16.5. The first-order chi connectivity index (χ1) is 5.75. The average Bonchev–Trinajstić information content (AvgIpc) is 2.65. The molecule has 1 saturated carbocycles. The van der Waals surface area contributed by atoms with Crippen LogP contribution in [0.15, 0.2) is 0 Å². The summed E-state index contributed by atoms with van der Waals surface area (Å²) in [6, 6.07) is 0. The van der Waals surface area contributed by atoms with Crippen molar-refractivity contribution < 1.29 is 14.3 Å². The number of esters is 1. The van der Waals surface area contributed by atoms with Crippen LogP contribution >= 0.6 is 0 Å². The fourth-order valence-electron chi connectivity index (χ4n) is 1.88. The average molecular weight is 169 g/mol. The fraction of sp³-hybridized carbons (Fsp3) is 0.750. The summed E-state index contributed by atoms with van der Waals surface area (Å²) in [5.74, 6) is -0.195. The van der Waals surface area contributed by atoms with E-state index in [0.29, 0.717) is 13.2 Å². The molecule has 0 spiro atoms. The lowest BCUT2D eigenvalue weighted by atomic mass is 10.3. The van der Waals surface area contributed by atoms with E-state index in [2.05, 4.69) is 5.32 Å². The second kappa shape index (κ2) is 2.47. The van der Waals surface area contributed by atoms with E-state index in [1.165, 1.54) is 0 Å². The van der Waals surface area contributed by atoms with Gasteiger partial charge in [-0.05, 0) is 6.92 Å². The molecule has 1 aliphatic carbocycles. The van der Waals surface area contributed by atoms with Gasteiger partial charge in [-0.2, -0.15) is 0 Å². The topological polar surface area (TPSA) is 55.4 Å². The molecular formula is C8H11NO3. The Bertz CT molecular complexity index is 238. The minimum absolute atomic E-state index is 0.0121. The van der Waals surface area contributed by atoms with Crippen molar-refractivity contribution in [1.29, 1.82) is 0 Å². The molecule has 1 heterocycles. The normalized spacial score (nSPS) is 37.1. The summed E-state index contributed by atoms with van der Waals surface area (Å²) in [7, 11) is 0. The molecule has 0 aromatic rings. The first kappa shape index (κ1) is 7.58. The fourth-order valence-corrected chi connectivity index (χ4v) is 1.88. The molecule has 4 heteroatoms. The molecule has 1 aliphatic heterocycles. The lowest BCUT2D eigenvalue weighted by Crippen LogP contribution is -2.25. The Labute approximate surface area is 70.3 Å². The molecular weight excluding hydrogens is 158 g/mol. The van der Waals surface area contributed by atoms with Crippen LogP contribution < -0.4 is 5.32 Å². The number of hydrogen-bond acceptors (Lipinski definition) is 3. The zero-order chi connectivity index (χ0) is 8.72. The zero-order valence-corrected chi connectivity index (χ0v) is 6.87. The SMILES string of the molecule is CCOC(=O)[C@@H]1[C@@H]2CNC(=O)[C@@H]21. The monoisotopic (exact) mass is 169 g/mol. The number of amides is 1. The summed E-state index contributed by atoms with van der Waals surface area (Å²) in [6.07, 6.45) is 0. The van der Waals surface area contributed by atoms with Gasteiger partial charge in [0.25, 0.3) is 0 Å². The molecule has 0 unspecified atom stereocenters. The van der Waals surface area contributed by atoms with Gasteiger partial charge in [-0.1, -0.05) is 0 Å². The number of piperidine rings is 1. The maximum absolute atomic E-state index is 11.2. The van der Waals surface area contributed by atoms with Crippen LogP contribution in [0.4, 0.5) is 0 Å². The van der Waals surface area contributed by atoms with Crippen LogP contribution in [0.5, 0.6) is 0 Å². The molecule has 2 fully saturated rings. The molecule has 66 valence electrons. The second-order valence-electron chi connectivity index (χ2n) is 3.21. The third kappa shape index (κ3) is 0.906. The minimum Gasteiger partial charge on any atom is -0.466 e. The van der Waals surface area contributed by atoms with Crippen LogP contribution in [-0.2, 0) is 14.3 Å². The quantitative estimate of drug-likeness (QED) is 0.569. The Kier molecular flexibility index (Phi) is 1.56. The summed E-state index contributed by atoms with van der Waals surface area (Å²) in [5.41, 5.74) is 0. The van der Waals surface area contributed by atoms with Crippen molar-refractivity contribution in [3.05, 3.63) is 0 Å². The smallest absolute Gasteiger partial charge is 0.310 e. The Hall–Kier alpha value is -1.06. The van der Waals surface area contributed by atoms with Crippen LogP contribution in [0.3, 0.4) is 0 Å². The zero-order valence-electron chi connectivity index (χ0n) is 6.87. The maximum Gasteiger partial charge on any atom is 0.310 e. The van der Waals surface area contributed by atoms with Crippen molar-refractivity contribution >= 4 is 11.9 Å². The number of nitrogens with one attached hydrogen (secondary N) is 1. The number of carbonyl (C=O) groups is 2. The van der Waals surface area contributed by atoms with Crippen molar-refractivity contribution in [2.75, 3.05) is 13.2 Å². The van der Waals surface area contributed by atoms with Gasteiger partial charge in [-0.3, -0.25) is 9.59 Å². The predicted molar refractivity (Wildman–Crippen MR) is 40.1 cm³/mol. The highest BCUT2D eigenvalue weighted by Gasteiger charge is 2.63. The van der Waals surface area contributed by atoms with Gasteiger partial charge in [-0.25, -0.2) is 0 Å². The molecule has 2 rings (SSSR count). The van der Waals surface area contributed by atoms with E-state index in [9.17, 15) is 9.59 Å². The Balaban J connectivity index is 1.94. The minimum atomic E-state index is -0.206. The molecule has 12 heavy (non-hydrogen) atoms. The molecule has 1 N–H and O–H groups in total. The van der Waals surface area contributed by atoms with Gasteiger partial charge in [-0.15, -0.1) is 0 Å². The van der Waals surface area contributed by atoms with E-state index in [1.54, 1.807) is 6.92 Å². The van der Waals surface area contributed by atoms with Gasteiger partial charge < -0.3 is 10.1 Å². The summed E-state index contributed by atoms with van der Waals surface area (Å²) in [6.45, 7) is 2.82. The number of rotatable bonds is 2. The molecule has 0 radical (unpaired) electrons. The van der Waals surface area contributed by atoms with Gasteiger partial charge in [0.2, 0.25) is 5.91 Å². The number of fused-ring (bicyclic) bond motifs is 1. The van der Waals surface area contributed by atoms with Crippen LogP contribution in [0.25, 0.3) is 0 Å². The van der Waals surface area contributed by atoms with E-state index in [1.807, 2.05) is 0 Å². The van der Waals surface area contributed by atoms with Crippen LogP contribution in [0.1, 0.15) is 6.92 Å². The van der Waals surface area contributed by atoms with Crippen LogP contribution in [0, 0.1) is 17.8 Å². The predicted octanol–water partition coefficient (Wildman–Crippen LogP) is -0.459. The molecule has 0 aromatic heterocycles. The van der Waals surface area contributed by atoms with Crippen LogP contribution in [-0.4, -0.2) is 25.0 Å². The highest BCUT2D eigenvalue weighted by molar-refractivity contribution is 5.93. The second-order valence-corrected chi connectivity index (χ2v) is 3.21.